The highest BCUT2D eigenvalue weighted by atomic mass is 16.5. The van der Waals surface area contributed by atoms with Crippen LogP contribution in [0.15, 0.2) is 48.7 Å². The third-order valence-corrected chi connectivity index (χ3v) is 5.04. The summed E-state index contributed by atoms with van der Waals surface area (Å²) in [6.07, 6.45) is 5.99. The van der Waals surface area contributed by atoms with Crippen LogP contribution in [-0.4, -0.2) is 59.2 Å². The number of aromatic nitrogens is 2. The summed E-state index contributed by atoms with van der Waals surface area (Å²) in [6.45, 7) is 3.16. The summed E-state index contributed by atoms with van der Waals surface area (Å²) in [5, 5.41) is 0. The summed E-state index contributed by atoms with van der Waals surface area (Å²) in [5.41, 5.74) is 6.41. The summed E-state index contributed by atoms with van der Waals surface area (Å²) in [7, 11) is 0. The van der Waals surface area contributed by atoms with Crippen LogP contribution in [0.4, 0.5) is 11.8 Å². The van der Waals surface area contributed by atoms with Gasteiger partial charge in [0.2, 0.25) is 11.9 Å². The van der Waals surface area contributed by atoms with Crippen LogP contribution in [0.1, 0.15) is 12.0 Å². The highest BCUT2D eigenvalue weighted by Gasteiger charge is 2.44. The molecule has 7 heteroatoms. The lowest BCUT2D eigenvalue weighted by molar-refractivity contribution is -0.142. The zero-order chi connectivity index (χ0) is 18.7. The number of nitrogens with two attached hydrogens (primary N) is 1. The van der Waals surface area contributed by atoms with Gasteiger partial charge in [0.05, 0.1) is 19.7 Å². The molecule has 0 saturated carbocycles. The smallest absolute Gasteiger partial charge is 0.246 e. The van der Waals surface area contributed by atoms with E-state index >= 15 is 0 Å². The van der Waals surface area contributed by atoms with Gasteiger partial charge >= 0.3 is 0 Å². The molecule has 0 bridgehead atoms. The number of carbonyl (C=O) groups is 1. The number of nitrogens with zero attached hydrogens (tertiary/aromatic N) is 4. The van der Waals surface area contributed by atoms with Crippen molar-refractivity contribution in [1.82, 2.24) is 14.9 Å². The minimum atomic E-state index is -0.373. The van der Waals surface area contributed by atoms with Gasteiger partial charge < -0.3 is 20.3 Å². The van der Waals surface area contributed by atoms with Crippen LogP contribution in [0.5, 0.6) is 0 Å². The molecule has 7 nitrogen and oxygen atoms in total. The molecular weight excluding hydrogens is 342 g/mol. The highest BCUT2D eigenvalue weighted by molar-refractivity contribution is 5.91. The van der Waals surface area contributed by atoms with Crippen molar-refractivity contribution in [1.29, 1.82) is 0 Å². The monoisotopic (exact) mass is 365 g/mol. The lowest BCUT2D eigenvalue weighted by Crippen LogP contribution is -2.54. The summed E-state index contributed by atoms with van der Waals surface area (Å²) < 4.78 is 6.11. The number of benzene rings is 1. The Bertz CT molecular complexity index is 841. The first-order valence-electron chi connectivity index (χ1n) is 9.13. The van der Waals surface area contributed by atoms with Gasteiger partial charge in [0.25, 0.3) is 0 Å². The van der Waals surface area contributed by atoms with Crippen molar-refractivity contribution in [3.8, 4) is 0 Å². The molecule has 0 aliphatic carbocycles. The predicted molar refractivity (Wildman–Crippen MR) is 104 cm³/mol. The largest absolute Gasteiger partial charge is 0.384 e. The van der Waals surface area contributed by atoms with Gasteiger partial charge in [-0.15, -0.1) is 0 Å². The number of amides is 1. The Morgan fingerprint density at radius 2 is 2.04 bits per heavy atom. The molecule has 2 fully saturated rings. The van der Waals surface area contributed by atoms with Crippen LogP contribution in [0.2, 0.25) is 0 Å². The van der Waals surface area contributed by atoms with Gasteiger partial charge in [0.1, 0.15) is 11.4 Å². The zero-order valence-electron chi connectivity index (χ0n) is 15.1. The molecule has 1 aromatic heterocycles. The fourth-order valence-electron chi connectivity index (χ4n) is 3.65. The summed E-state index contributed by atoms with van der Waals surface area (Å²) in [5.74, 6) is 1.08. The van der Waals surface area contributed by atoms with Gasteiger partial charge in [-0.1, -0.05) is 30.3 Å². The van der Waals surface area contributed by atoms with E-state index in [-0.39, 0.29) is 11.5 Å². The molecule has 2 aliphatic heterocycles. The summed E-state index contributed by atoms with van der Waals surface area (Å²) in [4.78, 5) is 25.2. The molecule has 2 saturated heterocycles. The maximum absolute atomic E-state index is 12.6. The Balaban J connectivity index is 1.42. The molecule has 27 heavy (non-hydrogen) atoms. The number of ether oxygens (including phenoxy) is 1. The molecule has 140 valence electrons. The summed E-state index contributed by atoms with van der Waals surface area (Å²) >= 11 is 0. The van der Waals surface area contributed by atoms with E-state index in [0.717, 1.165) is 18.5 Å². The number of rotatable bonds is 3. The second-order valence-electron chi connectivity index (χ2n) is 6.99. The number of morpholine rings is 1. The predicted octanol–water partition coefficient (Wildman–Crippen LogP) is 1.58. The molecule has 1 unspecified atom stereocenters. The SMILES string of the molecule is Nc1ccnc(N2CCC3(CN(C(=O)/C=C/c4ccccc4)CCO3)C2)n1. The minimum Gasteiger partial charge on any atom is -0.384 e. The maximum atomic E-state index is 12.6. The molecular formula is C20H23N5O2. The van der Waals surface area contributed by atoms with Crippen LogP contribution in [-0.2, 0) is 9.53 Å². The molecule has 4 rings (SSSR count). The number of hydrogen-bond donors (Lipinski definition) is 1. The standard InChI is InChI=1S/C20H23N5O2/c21-17-8-10-22-19(23-17)25-11-9-20(15-25)14-24(12-13-27-20)18(26)7-6-16-4-2-1-3-5-16/h1-8,10H,9,11-15H2,(H2,21,22,23)/b7-6+. The lowest BCUT2D eigenvalue weighted by Gasteiger charge is -2.40. The van der Waals surface area contributed by atoms with Crippen LogP contribution in [0, 0.1) is 0 Å². The molecule has 0 radical (unpaired) electrons. The molecule has 2 aliphatic rings. The first kappa shape index (κ1) is 17.5. The third kappa shape index (κ3) is 3.93. The van der Waals surface area contributed by atoms with Crippen molar-refractivity contribution in [2.45, 2.75) is 12.0 Å². The minimum absolute atomic E-state index is 0.0141. The fourth-order valence-corrected chi connectivity index (χ4v) is 3.65. The molecule has 2 aromatic rings. The highest BCUT2D eigenvalue weighted by Crippen LogP contribution is 2.31. The van der Waals surface area contributed by atoms with Crippen molar-refractivity contribution in [3.05, 3.63) is 54.2 Å². The van der Waals surface area contributed by atoms with Gasteiger partial charge in [0.15, 0.2) is 0 Å². The van der Waals surface area contributed by atoms with Crippen molar-refractivity contribution in [3.63, 3.8) is 0 Å². The van der Waals surface area contributed by atoms with Gasteiger partial charge in [-0.2, -0.15) is 4.98 Å². The number of hydrogen-bond acceptors (Lipinski definition) is 6. The van der Waals surface area contributed by atoms with Crippen LogP contribution < -0.4 is 10.6 Å². The van der Waals surface area contributed by atoms with Crippen molar-refractivity contribution in [2.24, 2.45) is 0 Å². The number of nitrogen functional groups attached to an aromatic ring is 1. The van der Waals surface area contributed by atoms with E-state index in [1.54, 1.807) is 18.3 Å². The first-order valence-corrected chi connectivity index (χ1v) is 9.13. The first-order chi connectivity index (χ1) is 13.1. The van der Waals surface area contributed by atoms with E-state index < -0.39 is 0 Å². The Hall–Kier alpha value is -2.93. The van der Waals surface area contributed by atoms with Crippen molar-refractivity contribution >= 4 is 23.7 Å². The van der Waals surface area contributed by atoms with E-state index in [4.69, 9.17) is 10.5 Å². The molecule has 1 aromatic carbocycles. The Morgan fingerprint density at radius 1 is 1.19 bits per heavy atom. The van der Waals surface area contributed by atoms with Gasteiger partial charge in [0, 0.05) is 25.4 Å². The van der Waals surface area contributed by atoms with Crippen LogP contribution in [0.25, 0.3) is 6.08 Å². The second kappa shape index (κ2) is 7.36. The number of carbonyl (C=O) groups excluding carboxylic acids is 1. The Kier molecular flexibility index (Phi) is 4.77. The summed E-state index contributed by atoms with van der Waals surface area (Å²) in [6, 6.07) is 11.5. The molecule has 1 atom stereocenters. The molecule has 1 amide bonds. The van der Waals surface area contributed by atoms with Gasteiger partial charge in [-0.05, 0) is 24.1 Å². The quantitative estimate of drug-likeness (QED) is 0.832. The Labute approximate surface area is 158 Å². The molecule has 1 spiro atoms. The van der Waals surface area contributed by atoms with E-state index in [0.29, 0.717) is 38.0 Å². The van der Waals surface area contributed by atoms with Gasteiger partial charge in [-0.3, -0.25) is 4.79 Å². The van der Waals surface area contributed by atoms with Crippen molar-refractivity contribution < 1.29 is 9.53 Å². The third-order valence-electron chi connectivity index (χ3n) is 5.04. The molecule has 3 heterocycles. The van der Waals surface area contributed by atoms with Crippen LogP contribution >= 0.6 is 0 Å². The fraction of sp³-hybridized carbons (Fsp3) is 0.350. The van der Waals surface area contributed by atoms with E-state index in [1.165, 1.54) is 0 Å². The van der Waals surface area contributed by atoms with E-state index in [9.17, 15) is 4.79 Å². The maximum Gasteiger partial charge on any atom is 0.246 e. The number of anilines is 2. The van der Waals surface area contributed by atoms with Crippen LogP contribution in [0.3, 0.4) is 0 Å². The average Bonchev–Trinajstić information content (AvgIpc) is 3.10. The van der Waals surface area contributed by atoms with Gasteiger partial charge in [-0.25, -0.2) is 4.98 Å². The zero-order valence-corrected chi connectivity index (χ0v) is 15.1. The van der Waals surface area contributed by atoms with E-state index in [1.807, 2.05) is 41.3 Å². The lowest BCUT2D eigenvalue weighted by atomic mass is 10.0. The Morgan fingerprint density at radius 3 is 2.85 bits per heavy atom. The topological polar surface area (TPSA) is 84.6 Å². The van der Waals surface area contributed by atoms with Crippen molar-refractivity contribution in [2.75, 3.05) is 43.4 Å². The molecule has 2 N–H and O–H groups in total. The normalized spacial score (nSPS) is 22.7. The van der Waals surface area contributed by atoms with E-state index in [2.05, 4.69) is 14.9 Å². The average molecular weight is 365 g/mol. The second-order valence-corrected chi connectivity index (χ2v) is 6.99.